The van der Waals surface area contributed by atoms with Crippen molar-refractivity contribution in [2.24, 2.45) is 11.8 Å². The predicted octanol–water partition coefficient (Wildman–Crippen LogP) is 1.70. The molecular weight excluding hydrogens is 276 g/mol. The van der Waals surface area contributed by atoms with Crippen LogP contribution in [0.3, 0.4) is 0 Å². The molecule has 6 nitrogen and oxygen atoms in total. The van der Waals surface area contributed by atoms with Gasteiger partial charge in [-0.15, -0.1) is 0 Å². The van der Waals surface area contributed by atoms with Crippen LogP contribution in [0.5, 0.6) is 0 Å². The summed E-state index contributed by atoms with van der Waals surface area (Å²) in [5, 5.41) is 16.2. The summed E-state index contributed by atoms with van der Waals surface area (Å²) in [5.41, 5.74) is 0. The van der Waals surface area contributed by atoms with E-state index in [0.29, 0.717) is 17.0 Å². The lowest BCUT2D eigenvalue weighted by Crippen LogP contribution is -2.44. The van der Waals surface area contributed by atoms with Gasteiger partial charge in [-0.1, -0.05) is 0 Å². The van der Waals surface area contributed by atoms with Crippen molar-refractivity contribution >= 4 is 22.7 Å². The lowest BCUT2D eigenvalue weighted by Gasteiger charge is -2.26. The molecule has 0 saturated heterocycles. The Morgan fingerprint density at radius 3 is 2.85 bits per heavy atom. The zero-order valence-electron chi connectivity index (χ0n) is 11.1. The maximum absolute atomic E-state index is 12.0. The maximum atomic E-state index is 12.0. The molecule has 4 atom stereocenters. The first-order valence-corrected chi connectivity index (χ1v) is 8.05. The average Bonchev–Trinajstić information content (AvgIpc) is 2.86. The molecule has 3 aliphatic rings. The summed E-state index contributed by atoms with van der Waals surface area (Å²) in [7, 11) is 0. The molecule has 3 aliphatic carbocycles. The molecule has 1 heterocycles. The first-order valence-electron chi connectivity index (χ1n) is 7.28. The van der Waals surface area contributed by atoms with E-state index >= 15 is 0 Å². The van der Waals surface area contributed by atoms with Gasteiger partial charge in [0, 0.05) is 29.4 Å². The summed E-state index contributed by atoms with van der Waals surface area (Å²) in [6.45, 7) is 0. The molecule has 0 aliphatic heterocycles. The standard InChI is InChI=1S/C13H18N4O2S/c18-10-5-6-3-8(10)9(4-6)14-12(19)16-13-15-11(17-20-13)7-1-2-7/h6-10,18H,1-5H2,(H2,14,15,16,17,19)/t6-,8+,9-,10+/m0/s1. The Morgan fingerprint density at radius 1 is 1.30 bits per heavy atom. The fraction of sp³-hybridized carbons (Fsp3) is 0.769. The van der Waals surface area contributed by atoms with Gasteiger partial charge < -0.3 is 10.4 Å². The summed E-state index contributed by atoms with van der Waals surface area (Å²) < 4.78 is 4.26. The highest BCUT2D eigenvalue weighted by Gasteiger charge is 2.46. The lowest BCUT2D eigenvalue weighted by molar-refractivity contribution is 0.0960. The number of carbonyl (C=O) groups excluding carboxylic acids is 1. The van der Waals surface area contributed by atoms with Gasteiger partial charge in [0.05, 0.1) is 6.10 Å². The quantitative estimate of drug-likeness (QED) is 0.792. The fourth-order valence-electron chi connectivity index (χ4n) is 3.57. The lowest BCUT2D eigenvalue weighted by atomic mass is 9.93. The van der Waals surface area contributed by atoms with Gasteiger partial charge >= 0.3 is 6.03 Å². The van der Waals surface area contributed by atoms with E-state index in [1.807, 2.05) is 0 Å². The third-order valence-electron chi connectivity index (χ3n) is 4.70. The minimum Gasteiger partial charge on any atom is -0.393 e. The molecule has 0 aromatic carbocycles. The third-order valence-corrected chi connectivity index (χ3v) is 5.34. The number of aliphatic hydroxyl groups is 1. The topological polar surface area (TPSA) is 87.1 Å². The Bertz CT molecular complexity index is 530. The van der Waals surface area contributed by atoms with Crippen LogP contribution >= 0.6 is 11.5 Å². The van der Waals surface area contributed by atoms with Crippen molar-refractivity contribution in [3.8, 4) is 0 Å². The van der Waals surface area contributed by atoms with Crippen molar-refractivity contribution in [2.75, 3.05) is 5.32 Å². The van der Waals surface area contributed by atoms with Gasteiger partial charge in [0.1, 0.15) is 5.82 Å². The normalized spacial score (nSPS) is 35.2. The smallest absolute Gasteiger partial charge is 0.321 e. The molecule has 108 valence electrons. The van der Waals surface area contributed by atoms with E-state index in [4.69, 9.17) is 0 Å². The zero-order chi connectivity index (χ0) is 13.7. The first-order chi connectivity index (χ1) is 9.69. The molecule has 7 heteroatoms. The van der Waals surface area contributed by atoms with Crippen molar-refractivity contribution in [2.45, 2.75) is 50.2 Å². The molecule has 1 aromatic heterocycles. The molecule has 4 rings (SSSR count). The van der Waals surface area contributed by atoms with Crippen LogP contribution in [-0.4, -0.2) is 32.6 Å². The summed E-state index contributed by atoms with van der Waals surface area (Å²) in [4.78, 5) is 16.3. The molecule has 2 bridgehead atoms. The number of nitrogens with one attached hydrogen (secondary N) is 2. The number of fused-ring (bicyclic) bond motifs is 2. The van der Waals surface area contributed by atoms with Crippen molar-refractivity contribution in [1.29, 1.82) is 0 Å². The SMILES string of the molecule is O=C(Nc1nc(C2CC2)ns1)N[C@H]1C[C@@H]2C[C@H]1[C@H](O)C2. The van der Waals surface area contributed by atoms with Crippen LogP contribution in [0.2, 0.25) is 0 Å². The highest BCUT2D eigenvalue weighted by Crippen LogP contribution is 2.44. The van der Waals surface area contributed by atoms with Crippen LogP contribution in [0.4, 0.5) is 9.93 Å². The number of rotatable bonds is 3. The second-order valence-corrected chi connectivity index (χ2v) is 6.99. The maximum Gasteiger partial charge on any atom is 0.321 e. The highest BCUT2D eigenvalue weighted by atomic mass is 32.1. The molecule has 1 aromatic rings. The molecule has 0 radical (unpaired) electrons. The average molecular weight is 294 g/mol. The van der Waals surface area contributed by atoms with E-state index in [1.165, 1.54) is 11.5 Å². The molecule has 0 spiro atoms. The van der Waals surface area contributed by atoms with Crippen molar-refractivity contribution in [1.82, 2.24) is 14.7 Å². The van der Waals surface area contributed by atoms with Gasteiger partial charge in [-0.25, -0.2) is 9.78 Å². The van der Waals surface area contributed by atoms with Crippen LogP contribution in [0.1, 0.15) is 43.8 Å². The Hall–Kier alpha value is -1.21. The van der Waals surface area contributed by atoms with Crippen LogP contribution in [0.15, 0.2) is 0 Å². The highest BCUT2D eigenvalue weighted by molar-refractivity contribution is 7.09. The number of carbonyl (C=O) groups is 1. The van der Waals surface area contributed by atoms with Crippen LogP contribution in [-0.2, 0) is 0 Å². The minimum atomic E-state index is -0.248. The molecule has 0 unspecified atom stereocenters. The Balaban J connectivity index is 1.33. The summed E-state index contributed by atoms with van der Waals surface area (Å²) in [5.74, 6) is 2.16. The second kappa shape index (κ2) is 4.66. The number of urea groups is 1. The first kappa shape index (κ1) is 12.5. The minimum absolute atomic E-state index is 0.0968. The van der Waals surface area contributed by atoms with Gasteiger partial charge in [0.25, 0.3) is 0 Å². The fourth-order valence-corrected chi connectivity index (χ4v) is 4.22. The van der Waals surface area contributed by atoms with E-state index < -0.39 is 0 Å². The molecule has 3 fully saturated rings. The largest absolute Gasteiger partial charge is 0.393 e. The van der Waals surface area contributed by atoms with E-state index in [1.54, 1.807) is 0 Å². The number of amides is 2. The van der Waals surface area contributed by atoms with E-state index in [-0.39, 0.29) is 24.1 Å². The molecule has 2 amide bonds. The summed E-state index contributed by atoms with van der Waals surface area (Å²) >= 11 is 1.24. The zero-order valence-corrected chi connectivity index (χ0v) is 11.9. The van der Waals surface area contributed by atoms with Gasteiger partial charge in [0.2, 0.25) is 5.13 Å². The van der Waals surface area contributed by atoms with Crippen molar-refractivity contribution in [3.05, 3.63) is 5.82 Å². The Labute approximate surface area is 121 Å². The van der Waals surface area contributed by atoms with Gasteiger partial charge in [-0.3, -0.25) is 5.32 Å². The van der Waals surface area contributed by atoms with Crippen molar-refractivity contribution < 1.29 is 9.90 Å². The Kier molecular flexibility index (Phi) is 2.92. The van der Waals surface area contributed by atoms with Gasteiger partial charge in [0.15, 0.2) is 0 Å². The number of aromatic nitrogens is 2. The number of anilines is 1. The van der Waals surface area contributed by atoms with Crippen LogP contribution < -0.4 is 10.6 Å². The number of hydrogen-bond donors (Lipinski definition) is 3. The summed E-state index contributed by atoms with van der Waals surface area (Å²) in [6.07, 6.45) is 4.99. The summed E-state index contributed by atoms with van der Waals surface area (Å²) in [6, 6.07) is -0.132. The molecule has 3 N–H and O–H groups in total. The number of hydrogen-bond acceptors (Lipinski definition) is 5. The van der Waals surface area contributed by atoms with E-state index in [9.17, 15) is 9.90 Å². The number of nitrogens with zero attached hydrogens (tertiary/aromatic N) is 2. The Morgan fingerprint density at radius 2 is 2.15 bits per heavy atom. The van der Waals surface area contributed by atoms with Gasteiger partial charge in [-0.2, -0.15) is 4.37 Å². The number of aliphatic hydroxyl groups excluding tert-OH is 1. The molecule has 3 saturated carbocycles. The molecular formula is C13H18N4O2S. The monoisotopic (exact) mass is 294 g/mol. The van der Waals surface area contributed by atoms with E-state index in [2.05, 4.69) is 20.0 Å². The van der Waals surface area contributed by atoms with Crippen molar-refractivity contribution in [3.63, 3.8) is 0 Å². The van der Waals surface area contributed by atoms with Gasteiger partial charge in [-0.05, 0) is 38.0 Å². The van der Waals surface area contributed by atoms with Crippen LogP contribution in [0, 0.1) is 11.8 Å². The molecule has 20 heavy (non-hydrogen) atoms. The van der Waals surface area contributed by atoms with Crippen LogP contribution in [0.25, 0.3) is 0 Å². The van der Waals surface area contributed by atoms with E-state index in [0.717, 1.165) is 37.9 Å². The second-order valence-electron chi connectivity index (χ2n) is 6.24. The predicted molar refractivity (Wildman–Crippen MR) is 74.7 cm³/mol. The third kappa shape index (κ3) is 2.29.